The van der Waals surface area contributed by atoms with Crippen LogP contribution in [0.4, 0.5) is 0 Å². The fourth-order valence-electron chi connectivity index (χ4n) is 2.07. The van der Waals surface area contributed by atoms with Crippen LogP contribution in [-0.4, -0.2) is 25.6 Å². The molecule has 0 aromatic carbocycles. The van der Waals surface area contributed by atoms with Crippen molar-refractivity contribution in [2.24, 2.45) is 10.7 Å². The van der Waals surface area contributed by atoms with Crippen LogP contribution < -0.4 is 5.73 Å². The maximum Gasteiger partial charge on any atom is 0.126 e. The van der Waals surface area contributed by atoms with Gasteiger partial charge in [-0.05, 0) is 12.8 Å². The maximum absolute atomic E-state index is 5.89. The molecule has 1 aliphatic rings. The van der Waals surface area contributed by atoms with E-state index in [4.69, 9.17) is 10.5 Å². The highest BCUT2D eigenvalue weighted by Crippen LogP contribution is 2.30. The number of hydrogen-bond donors (Lipinski definition) is 1. The zero-order chi connectivity index (χ0) is 9.73. The molecule has 3 nitrogen and oxygen atoms in total. The van der Waals surface area contributed by atoms with E-state index in [1.54, 1.807) is 14.2 Å². The smallest absolute Gasteiger partial charge is 0.126 e. The Labute approximate surface area is 80.4 Å². The van der Waals surface area contributed by atoms with Gasteiger partial charge in [0.1, 0.15) is 11.4 Å². The third-order valence-electron chi connectivity index (χ3n) is 3.01. The second-order valence-electron chi connectivity index (χ2n) is 3.72. The predicted octanol–water partition coefficient (Wildman–Crippen LogP) is 1.71. The monoisotopic (exact) mass is 184 g/mol. The normalized spacial score (nSPS) is 24.0. The first-order valence-corrected chi connectivity index (χ1v) is 5.03. The van der Waals surface area contributed by atoms with Gasteiger partial charge in [-0.2, -0.15) is 0 Å². The van der Waals surface area contributed by atoms with Crippen molar-refractivity contribution in [2.45, 2.75) is 44.1 Å². The molecular weight excluding hydrogens is 164 g/mol. The second-order valence-corrected chi connectivity index (χ2v) is 3.72. The van der Waals surface area contributed by atoms with Crippen molar-refractivity contribution in [1.29, 1.82) is 0 Å². The lowest BCUT2D eigenvalue weighted by Crippen LogP contribution is -2.45. The summed E-state index contributed by atoms with van der Waals surface area (Å²) in [4.78, 5) is 4.07. The molecule has 0 spiro atoms. The molecule has 0 atom stereocenters. The molecule has 0 saturated heterocycles. The largest absolute Gasteiger partial charge is 0.385 e. The molecule has 76 valence electrons. The highest BCUT2D eigenvalue weighted by atomic mass is 16.5. The summed E-state index contributed by atoms with van der Waals surface area (Å²) in [6.45, 7) is 0. The first-order valence-electron chi connectivity index (χ1n) is 5.03. The van der Waals surface area contributed by atoms with E-state index in [-0.39, 0.29) is 5.60 Å². The van der Waals surface area contributed by atoms with Crippen LogP contribution in [-0.2, 0) is 4.74 Å². The Kier molecular flexibility index (Phi) is 3.72. The number of hydrogen-bond acceptors (Lipinski definition) is 2. The molecule has 0 heterocycles. The Balaban J connectivity index is 2.76. The molecule has 0 aromatic rings. The first kappa shape index (κ1) is 10.5. The topological polar surface area (TPSA) is 47.6 Å². The summed E-state index contributed by atoms with van der Waals surface area (Å²) in [5, 5.41) is 0. The van der Waals surface area contributed by atoms with Crippen LogP contribution in [0.2, 0.25) is 0 Å². The summed E-state index contributed by atoms with van der Waals surface area (Å²) in [6.07, 6.45) is 7.03. The Morgan fingerprint density at radius 3 is 2.15 bits per heavy atom. The molecule has 2 N–H and O–H groups in total. The van der Waals surface area contributed by atoms with Crippen molar-refractivity contribution in [3.8, 4) is 0 Å². The first-order chi connectivity index (χ1) is 6.25. The number of nitrogens with two attached hydrogens (primary N) is 1. The van der Waals surface area contributed by atoms with Gasteiger partial charge in [-0.3, -0.25) is 4.99 Å². The molecule has 0 unspecified atom stereocenters. The van der Waals surface area contributed by atoms with E-state index >= 15 is 0 Å². The van der Waals surface area contributed by atoms with Crippen molar-refractivity contribution in [3.63, 3.8) is 0 Å². The van der Waals surface area contributed by atoms with Crippen LogP contribution in [0.1, 0.15) is 38.5 Å². The highest BCUT2D eigenvalue weighted by molar-refractivity contribution is 5.89. The van der Waals surface area contributed by atoms with Gasteiger partial charge >= 0.3 is 0 Å². The predicted molar refractivity (Wildman–Crippen MR) is 55.0 cm³/mol. The van der Waals surface area contributed by atoms with Gasteiger partial charge in [0.15, 0.2) is 0 Å². The quantitative estimate of drug-likeness (QED) is 0.403. The standard InChI is InChI=1S/C10H20N2O/c1-12-9(11)10(13-2)7-5-3-4-6-8-10/h3-8H2,1-2H3,(H2,11,12). The number of rotatable bonds is 2. The zero-order valence-corrected chi connectivity index (χ0v) is 8.68. The van der Waals surface area contributed by atoms with Gasteiger partial charge in [-0.1, -0.05) is 25.7 Å². The molecule has 0 amide bonds. The lowest BCUT2D eigenvalue weighted by Gasteiger charge is -2.30. The number of ether oxygens (including phenoxy) is 1. The number of nitrogens with zero attached hydrogens (tertiary/aromatic N) is 1. The van der Waals surface area contributed by atoms with E-state index in [0.29, 0.717) is 5.84 Å². The minimum Gasteiger partial charge on any atom is -0.385 e. The van der Waals surface area contributed by atoms with Gasteiger partial charge < -0.3 is 10.5 Å². The highest BCUT2D eigenvalue weighted by Gasteiger charge is 2.34. The van der Waals surface area contributed by atoms with E-state index in [9.17, 15) is 0 Å². The average molecular weight is 184 g/mol. The summed E-state index contributed by atoms with van der Waals surface area (Å²) in [7, 11) is 3.48. The van der Waals surface area contributed by atoms with Gasteiger partial charge in [-0.15, -0.1) is 0 Å². The minimum atomic E-state index is -0.259. The summed E-state index contributed by atoms with van der Waals surface area (Å²) < 4.78 is 5.56. The summed E-state index contributed by atoms with van der Waals surface area (Å²) in [5.74, 6) is 0.664. The van der Waals surface area contributed by atoms with Gasteiger partial charge in [0.2, 0.25) is 0 Å². The van der Waals surface area contributed by atoms with Gasteiger partial charge in [0.05, 0.1) is 0 Å². The maximum atomic E-state index is 5.89. The molecule has 0 aliphatic heterocycles. The van der Waals surface area contributed by atoms with Crippen molar-refractivity contribution in [1.82, 2.24) is 0 Å². The van der Waals surface area contributed by atoms with Gasteiger partial charge in [-0.25, -0.2) is 0 Å². The molecule has 13 heavy (non-hydrogen) atoms. The molecule has 1 rings (SSSR count). The van der Waals surface area contributed by atoms with Crippen LogP contribution in [0.15, 0.2) is 4.99 Å². The third kappa shape index (κ3) is 2.21. The molecule has 0 radical (unpaired) electrons. The van der Waals surface area contributed by atoms with Crippen molar-refractivity contribution < 1.29 is 4.74 Å². The number of methoxy groups -OCH3 is 1. The van der Waals surface area contributed by atoms with E-state index < -0.39 is 0 Å². The third-order valence-corrected chi connectivity index (χ3v) is 3.01. The summed E-state index contributed by atoms with van der Waals surface area (Å²) in [5.41, 5.74) is 5.63. The van der Waals surface area contributed by atoms with Crippen LogP contribution in [0.25, 0.3) is 0 Å². The second kappa shape index (κ2) is 4.61. The Hall–Kier alpha value is -0.570. The van der Waals surface area contributed by atoms with E-state index in [1.807, 2.05) is 0 Å². The summed E-state index contributed by atoms with van der Waals surface area (Å²) >= 11 is 0. The Morgan fingerprint density at radius 1 is 1.23 bits per heavy atom. The lowest BCUT2D eigenvalue weighted by molar-refractivity contribution is 0.0361. The molecule has 1 fully saturated rings. The fourth-order valence-corrected chi connectivity index (χ4v) is 2.07. The van der Waals surface area contributed by atoms with E-state index in [0.717, 1.165) is 12.8 Å². The molecule has 0 aromatic heterocycles. The Bertz CT molecular complexity index is 181. The SMILES string of the molecule is CN=C(N)C1(OC)CCCCCC1. The van der Waals surface area contributed by atoms with Crippen LogP contribution >= 0.6 is 0 Å². The van der Waals surface area contributed by atoms with Gasteiger partial charge in [0, 0.05) is 14.2 Å². The Morgan fingerprint density at radius 2 is 1.77 bits per heavy atom. The van der Waals surface area contributed by atoms with Gasteiger partial charge in [0.25, 0.3) is 0 Å². The van der Waals surface area contributed by atoms with Crippen LogP contribution in [0, 0.1) is 0 Å². The van der Waals surface area contributed by atoms with Crippen LogP contribution in [0.3, 0.4) is 0 Å². The lowest BCUT2D eigenvalue weighted by atomic mass is 9.93. The van der Waals surface area contributed by atoms with E-state index in [1.165, 1.54) is 25.7 Å². The molecular formula is C10H20N2O. The number of amidine groups is 1. The minimum absolute atomic E-state index is 0.259. The fraction of sp³-hybridized carbons (Fsp3) is 0.900. The summed E-state index contributed by atoms with van der Waals surface area (Å²) in [6, 6.07) is 0. The molecule has 0 bridgehead atoms. The molecule has 1 aliphatic carbocycles. The molecule has 1 saturated carbocycles. The molecule has 3 heteroatoms. The van der Waals surface area contributed by atoms with E-state index in [2.05, 4.69) is 4.99 Å². The number of aliphatic imine (C=N–C) groups is 1. The van der Waals surface area contributed by atoms with Crippen molar-refractivity contribution >= 4 is 5.84 Å². The van der Waals surface area contributed by atoms with Crippen LogP contribution in [0.5, 0.6) is 0 Å². The van der Waals surface area contributed by atoms with Crippen molar-refractivity contribution in [2.75, 3.05) is 14.2 Å². The zero-order valence-electron chi connectivity index (χ0n) is 8.68. The average Bonchev–Trinajstić information content (AvgIpc) is 2.42. The van der Waals surface area contributed by atoms with Crippen molar-refractivity contribution in [3.05, 3.63) is 0 Å².